The molecule has 2 rings (SSSR count). The van der Waals surface area contributed by atoms with E-state index in [0.29, 0.717) is 0 Å². The summed E-state index contributed by atoms with van der Waals surface area (Å²) >= 11 is 1.55. The highest BCUT2D eigenvalue weighted by Gasteiger charge is 2.14. The minimum atomic E-state index is -0.938. The van der Waals surface area contributed by atoms with E-state index >= 15 is 0 Å². The molecule has 1 aromatic heterocycles. The van der Waals surface area contributed by atoms with E-state index in [1.807, 2.05) is 23.8 Å². The van der Waals surface area contributed by atoms with Gasteiger partial charge in [-0.1, -0.05) is 0 Å². The number of benzene rings is 1. The molecule has 0 aliphatic heterocycles. The number of halogens is 2. The maximum absolute atomic E-state index is 13.5. The summed E-state index contributed by atoms with van der Waals surface area (Å²) in [5, 5.41) is 6.77. The fraction of sp³-hybridized carbons (Fsp3) is 0.167. The molecule has 5 heteroatoms. The fourth-order valence-electron chi connectivity index (χ4n) is 1.53. The number of nitrogens with one attached hydrogen (secondary N) is 1. The van der Waals surface area contributed by atoms with Gasteiger partial charge < -0.3 is 11.1 Å². The standard InChI is InChI=1S/C12H12F2N2S/c1-7(8-4-5-17-6-8)16-12-10(15)3-2-9(13)11(12)14/h2-7,16H,15H2,1H3. The second kappa shape index (κ2) is 4.71. The zero-order valence-corrected chi connectivity index (χ0v) is 10.0. The predicted molar refractivity (Wildman–Crippen MR) is 67.1 cm³/mol. The molecule has 1 aromatic carbocycles. The van der Waals surface area contributed by atoms with Crippen molar-refractivity contribution in [2.45, 2.75) is 13.0 Å². The topological polar surface area (TPSA) is 38.0 Å². The van der Waals surface area contributed by atoms with Crippen LogP contribution in [0.1, 0.15) is 18.5 Å². The highest BCUT2D eigenvalue weighted by atomic mass is 32.1. The van der Waals surface area contributed by atoms with E-state index < -0.39 is 11.6 Å². The molecule has 0 saturated carbocycles. The van der Waals surface area contributed by atoms with Gasteiger partial charge in [-0.2, -0.15) is 11.3 Å². The lowest BCUT2D eigenvalue weighted by Gasteiger charge is -2.16. The molecule has 0 aliphatic carbocycles. The van der Waals surface area contributed by atoms with Crippen LogP contribution in [0.25, 0.3) is 0 Å². The van der Waals surface area contributed by atoms with Gasteiger partial charge in [0.1, 0.15) is 0 Å². The van der Waals surface area contributed by atoms with Gasteiger partial charge in [0, 0.05) is 6.04 Å². The Bertz CT molecular complexity index is 511. The van der Waals surface area contributed by atoms with Crippen molar-refractivity contribution in [1.29, 1.82) is 0 Å². The van der Waals surface area contributed by atoms with Crippen molar-refractivity contribution in [3.63, 3.8) is 0 Å². The molecular weight excluding hydrogens is 242 g/mol. The highest BCUT2D eigenvalue weighted by Crippen LogP contribution is 2.29. The number of thiophene rings is 1. The Balaban J connectivity index is 2.27. The molecule has 0 amide bonds. The first kappa shape index (κ1) is 11.9. The average molecular weight is 254 g/mol. The SMILES string of the molecule is CC(Nc1c(N)ccc(F)c1F)c1ccsc1. The Labute approximate surface area is 102 Å². The Morgan fingerprint density at radius 3 is 2.71 bits per heavy atom. The summed E-state index contributed by atoms with van der Waals surface area (Å²) < 4.78 is 26.6. The van der Waals surface area contributed by atoms with Gasteiger partial charge in [-0.25, -0.2) is 8.78 Å². The number of nitrogen functional groups attached to an aromatic ring is 1. The Morgan fingerprint density at radius 2 is 2.06 bits per heavy atom. The number of anilines is 2. The van der Waals surface area contributed by atoms with Gasteiger partial charge >= 0.3 is 0 Å². The summed E-state index contributed by atoms with van der Waals surface area (Å²) in [6.45, 7) is 1.87. The summed E-state index contributed by atoms with van der Waals surface area (Å²) in [5.41, 5.74) is 6.85. The minimum Gasteiger partial charge on any atom is -0.397 e. The molecule has 0 spiro atoms. The van der Waals surface area contributed by atoms with Crippen molar-refractivity contribution in [2.24, 2.45) is 0 Å². The van der Waals surface area contributed by atoms with Crippen LogP contribution in [-0.2, 0) is 0 Å². The molecule has 1 heterocycles. The lowest BCUT2D eigenvalue weighted by atomic mass is 10.1. The van der Waals surface area contributed by atoms with Crippen molar-refractivity contribution in [2.75, 3.05) is 11.1 Å². The van der Waals surface area contributed by atoms with Crippen LogP contribution < -0.4 is 11.1 Å². The summed E-state index contributed by atoms with van der Waals surface area (Å²) in [6.07, 6.45) is 0. The molecule has 17 heavy (non-hydrogen) atoms. The van der Waals surface area contributed by atoms with Crippen molar-refractivity contribution >= 4 is 22.7 Å². The Morgan fingerprint density at radius 1 is 1.29 bits per heavy atom. The molecule has 2 nitrogen and oxygen atoms in total. The van der Waals surface area contributed by atoms with E-state index in [1.165, 1.54) is 6.07 Å². The van der Waals surface area contributed by atoms with Crippen molar-refractivity contribution in [3.8, 4) is 0 Å². The number of rotatable bonds is 3. The first-order chi connectivity index (χ1) is 8.09. The number of hydrogen-bond donors (Lipinski definition) is 2. The first-order valence-electron chi connectivity index (χ1n) is 5.11. The number of nitrogens with two attached hydrogens (primary N) is 1. The second-order valence-corrected chi connectivity index (χ2v) is 4.53. The molecular formula is C12H12F2N2S. The van der Waals surface area contributed by atoms with E-state index in [0.717, 1.165) is 11.6 Å². The van der Waals surface area contributed by atoms with Crippen molar-refractivity contribution in [1.82, 2.24) is 0 Å². The van der Waals surface area contributed by atoms with Gasteiger partial charge in [-0.15, -0.1) is 0 Å². The minimum absolute atomic E-state index is 0.0173. The van der Waals surface area contributed by atoms with E-state index in [4.69, 9.17) is 5.73 Å². The molecule has 1 atom stereocenters. The van der Waals surface area contributed by atoms with Crippen molar-refractivity contribution < 1.29 is 8.78 Å². The van der Waals surface area contributed by atoms with E-state index in [2.05, 4.69) is 5.32 Å². The van der Waals surface area contributed by atoms with Gasteiger partial charge in [0.2, 0.25) is 0 Å². The summed E-state index contributed by atoms with van der Waals surface area (Å²) in [6, 6.07) is 4.17. The maximum Gasteiger partial charge on any atom is 0.183 e. The van der Waals surface area contributed by atoms with Crippen LogP contribution in [0.4, 0.5) is 20.2 Å². The van der Waals surface area contributed by atoms with E-state index in [-0.39, 0.29) is 17.4 Å². The van der Waals surface area contributed by atoms with Crippen LogP contribution in [0.15, 0.2) is 29.0 Å². The molecule has 0 fully saturated rings. The Hall–Kier alpha value is -1.62. The third-order valence-electron chi connectivity index (χ3n) is 2.53. The molecule has 0 bridgehead atoms. The van der Waals surface area contributed by atoms with Crippen molar-refractivity contribution in [3.05, 3.63) is 46.2 Å². The molecule has 90 valence electrons. The first-order valence-corrected chi connectivity index (χ1v) is 6.06. The van der Waals surface area contributed by atoms with Crippen LogP contribution >= 0.6 is 11.3 Å². The fourth-order valence-corrected chi connectivity index (χ4v) is 2.29. The molecule has 1 unspecified atom stereocenters. The smallest absolute Gasteiger partial charge is 0.183 e. The van der Waals surface area contributed by atoms with Crippen LogP contribution in [0.5, 0.6) is 0 Å². The third-order valence-corrected chi connectivity index (χ3v) is 3.23. The van der Waals surface area contributed by atoms with Crippen LogP contribution in [0.3, 0.4) is 0 Å². The zero-order chi connectivity index (χ0) is 12.4. The zero-order valence-electron chi connectivity index (χ0n) is 9.21. The number of hydrogen-bond acceptors (Lipinski definition) is 3. The quantitative estimate of drug-likeness (QED) is 0.818. The van der Waals surface area contributed by atoms with Crippen LogP contribution in [0.2, 0.25) is 0 Å². The van der Waals surface area contributed by atoms with Gasteiger partial charge in [-0.05, 0) is 41.4 Å². The average Bonchev–Trinajstić information content (AvgIpc) is 2.83. The summed E-state index contributed by atoms with van der Waals surface area (Å²) in [4.78, 5) is 0. The lowest BCUT2D eigenvalue weighted by Crippen LogP contribution is -2.10. The lowest BCUT2D eigenvalue weighted by molar-refractivity contribution is 0.510. The van der Waals surface area contributed by atoms with Gasteiger partial charge in [0.15, 0.2) is 11.6 Å². The molecule has 0 radical (unpaired) electrons. The molecule has 3 N–H and O–H groups in total. The second-order valence-electron chi connectivity index (χ2n) is 3.75. The third kappa shape index (κ3) is 2.39. The van der Waals surface area contributed by atoms with Crippen LogP contribution in [-0.4, -0.2) is 0 Å². The van der Waals surface area contributed by atoms with Gasteiger partial charge in [0.25, 0.3) is 0 Å². The highest BCUT2D eigenvalue weighted by molar-refractivity contribution is 7.07. The Kier molecular flexibility index (Phi) is 3.28. The largest absolute Gasteiger partial charge is 0.397 e. The molecule has 0 saturated heterocycles. The molecule has 0 aliphatic rings. The summed E-state index contributed by atoms with van der Waals surface area (Å²) in [5.74, 6) is -1.84. The maximum atomic E-state index is 13.5. The monoisotopic (exact) mass is 254 g/mol. The molecule has 2 aromatic rings. The normalized spacial score (nSPS) is 12.4. The van der Waals surface area contributed by atoms with Gasteiger partial charge in [-0.3, -0.25) is 0 Å². The van der Waals surface area contributed by atoms with Crippen LogP contribution in [0, 0.1) is 11.6 Å². The van der Waals surface area contributed by atoms with E-state index in [9.17, 15) is 8.78 Å². The predicted octanol–water partition coefficient (Wildman–Crippen LogP) is 3.78. The van der Waals surface area contributed by atoms with Gasteiger partial charge in [0.05, 0.1) is 11.4 Å². The van der Waals surface area contributed by atoms with E-state index in [1.54, 1.807) is 11.3 Å². The summed E-state index contributed by atoms with van der Waals surface area (Å²) in [7, 11) is 0.